The fraction of sp³-hybridized carbons (Fsp3) is 0.176. The molecule has 0 amide bonds. The van der Waals surface area contributed by atoms with Crippen LogP contribution < -0.4 is 15.0 Å². The van der Waals surface area contributed by atoms with Crippen molar-refractivity contribution in [2.75, 3.05) is 7.11 Å². The Kier molecular flexibility index (Phi) is 3.78. The maximum atomic E-state index is 12.1. The maximum absolute atomic E-state index is 12.1. The molecule has 22 heavy (non-hydrogen) atoms. The van der Waals surface area contributed by atoms with Crippen molar-refractivity contribution in [1.29, 1.82) is 0 Å². The zero-order chi connectivity index (χ0) is 15.5. The lowest BCUT2D eigenvalue weighted by molar-refractivity contribution is 0.300. The van der Waals surface area contributed by atoms with Crippen molar-refractivity contribution < 1.29 is 9.47 Å². The second-order valence-electron chi connectivity index (χ2n) is 4.98. The van der Waals surface area contributed by atoms with Crippen LogP contribution in [0.2, 0.25) is 0 Å². The van der Waals surface area contributed by atoms with E-state index in [0.29, 0.717) is 17.1 Å². The Morgan fingerprint density at radius 1 is 1.09 bits per heavy atom. The summed E-state index contributed by atoms with van der Waals surface area (Å²) < 4.78 is 12.3. The molecule has 0 aliphatic heterocycles. The van der Waals surface area contributed by atoms with E-state index in [-0.39, 0.29) is 12.2 Å². The van der Waals surface area contributed by atoms with E-state index in [1.54, 1.807) is 13.3 Å². The van der Waals surface area contributed by atoms with Crippen molar-refractivity contribution in [2.24, 2.45) is 0 Å². The lowest BCUT2D eigenvalue weighted by atomic mass is 10.3. The number of benzene rings is 1. The molecule has 0 atom stereocenters. The molecular formula is C17H16N2O3. The van der Waals surface area contributed by atoms with E-state index in [9.17, 15) is 4.79 Å². The van der Waals surface area contributed by atoms with Crippen LogP contribution in [0.5, 0.6) is 11.5 Å². The molecule has 2 aromatic heterocycles. The zero-order valence-electron chi connectivity index (χ0n) is 12.4. The van der Waals surface area contributed by atoms with Gasteiger partial charge >= 0.3 is 0 Å². The third-order valence-electron chi connectivity index (χ3n) is 3.32. The van der Waals surface area contributed by atoms with Crippen molar-refractivity contribution >= 4 is 5.65 Å². The number of aryl methyl sites for hydroxylation is 1. The first-order valence-corrected chi connectivity index (χ1v) is 6.91. The van der Waals surface area contributed by atoms with Gasteiger partial charge in [0.05, 0.1) is 12.8 Å². The molecule has 0 aliphatic rings. The van der Waals surface area contributed by atoms with Gasteiger partial charge in [-0.25, -0.2) is 4.98 Å². The van der Waals surface area contributed by atoms with Crippen molar-refractivity contribution in [3.63, 3.8) is 0 Å². The van der Waals surface area contributed by atoms with Crippen molar-refractivity contribution in [2.45, 2.75) is 13.5 Å². The number of fused-ring (bicyclic) bond motifs is 1. The van der Waals surface area contributed by atoms with E-state index in [1.165, 1.54) is 10.5 Å². The molecule has 0 radical (unpaired) electrons. The first-order chi connectivity index (χ1) is 10.7. The van der Waals surface area contributed by atoms with Crippen LogP contribution in [0.3, 0.4) is 0 Å². The summed E-state index contributed by atoms with van der Waals surface area (Å²) >= 11 is 0. The lowest BCUT2D eigenvalue weighted by Gasteiger charge is -2.08. The summed E-state index contributed by atoms with van der Waals surface area (Å²) in [4.78, 5) is 16.5. The largest absolute Gasteiger partial charge is 0.497 e. The maximum Gasteiger partial charge on any atom is 0.258 e. The molecule has 3 aromatic rings. The fourth-order valence-electron chi connectivity index (χ4n) is 2.16. The van der Waals surface area contributed by atoms with Crippen LogP contribution in [0.15, 0.2) is 53.5 Å². The van der Waals surface area contributed by atoms with Crippen LogP contribution in [-0.4, -0.2) is 16.5 Å². The quantitative estimate of drug-likeness (QED) is 0.742. The van der Waals surface area contributed by atoms with Crippen LogP contribution in [0.1, 0.15) is 11.3 Å². The minimum atomic E-state index is -0.113. The molecule has 0 unspecified atom stereocenters. The number of pyridine rings is 1. The lowest BCUT2D eigenvalue weighted by Crippen LogP contribution is -2.16. The van der Waals surface area contributed by atoms with Crippen LogP contribution in [0, 0.1) is 6.92 Å². The van der Waals surface area contributed by atoms with E-state index < -0.39 is 0 Å². The molecular weight excluding hydrogens is 280 g/mol. The van der Waals surface area contributed by atoms with Gasteiger partial charge in [0.25, 0.3) is 5.56 Å². The highest BCUT2D eigenvalue weighted by Crippen LogP contribution is 2.17. The summed E-state index contributed by atoms with van der Waals surface area (Å²) in [7, 11) is 1.62. The van der Waals surface area contributed by atoms with Gasteiger partial charge in [0.2, 0.25) is 0 Å². The van der Waals surface area contributed by atoms with Gasteiger partial charge < -0.3 is 9.47 Å². The normalized spacial score (nSPS) is 10.6. The predicted octanol–water partition coefficient (Wildman–Crippen LogP) is 2.59. The SMILES string of the molecule is COc1ccc(OCc2cc(=O)n3ccc(C)cc3n2)cc1. The van der Waals surface area contributed by atoms with Crippen molar-refractivity contribution in [1.82, 2.24) is 9.38 Å². The smallest absolute Gasteiger partial charge is 0.258 e. The Hall–Kier alpha value is -2.82. The monoisotopic (exact) mass is 296 g/mol. The molecule has 3 rings (SSSR count). The first kappa shape index (κ1) is 14.1. The number of hydrogen-bond donors (Lipinski definition) is 0. The average molecular weight is 296 g/mol. The summed E-state index contributed by atoms with van der Waals surface area (Å²) in [5.41, 5.74) is 2.17. The summed E-state index contributed by atoms with van der Waals surface area (Å²) in [5.74, 6) is 1.47. The molecule has 0 aliphatic carbocycles. The standard InChI is InChI=1S/C17H16N2O3/c1-12-7-8-19-16(9-12)18-13(10-17(19)20)11-22-15-5-3-14(21-2)4-6-15/h3-10H,11H2,1-2H3. The molecule has 1 aromatic carbocycles. The molecule has 5 nitrogen and oxygen atoms in total. The Balaban J connectivity index is 1.82. The number of aromatic nitrogens is 2. The van der Waals surface area contributed by atoms with Gasteiger partial charge in [0, 0.05) is 12.3 Å². The minimum absolute atomic E-state index is 0.113. The third kappa shape index (κ3) is 2.93. The molecule has 0 saturated heterocycles. The molecule has 0 saturated carbocycles. The van der Waals surface area contributed by atoms with Gasteiger partial charge in [-0.2, -0.15) is 0 Å². The molecule has 112 valence electrons. The third-order valence-corrected chi connectivity index (χ3v) is 3.32. The highest BCUT2D eigenvalue weighted by atomic mass is 16.5. The number of nitrogens with zero attached hydrogens (tertiary/aromatic N) is 2. The Labute approximate surface area is 127 Å². The van der Waals surface area contributed by atoms with Crippen LogP contribution in [0.25, 0.3) is 5.65 Å². The molecule has 0 fully saturated rings. The summed E-state index contributed by atoms with van der Waals surface area (Å²) in [6.07, 6.45) is 1.73. The first-order valence-electron chi connectivity index (χ1n) is 6.91. The van der Waals surface area contributed by atoms with Crippen LogP contribution >= 0.6 is 0 Å². The summed E-state index contributed by atoms with van der Waals surface area (Å²) in [5, 5.41) is 0. The van der Waals surface area contributed by atoms with E-state index >= 15 is 0 Å². The van der Waals surface area contributed by atoms with Gasteiger partial charge in [-0.05, 0) is 48.9 Å². The van der Waals surface area contributed by atoms with Crippen molar-refractivity contribution in [3.8, 4) is 11.5 Å². The average Bonchev–Trinajstić information content (AvgIpc) is 2.53. The highest BCUT2D eigenvalue weighted by molar-refractivity contribution is 5.41. The molecule has 0 bridgehead atoms. The summed E-state index contributed by atoms with van der Waals surface area (Å²) in [6.45, 7) is 2.21. The number of ether oxygens (including phenoxy) is 2. The minimum Gasteiger partial charge on any atom is -0.497 e. The number of rotatable bonds is 4. The van der Waals surface area contributed by atoms with Gasteiger partial charge in [0.1, 0.15) is 23.8 Å². The molecule has 2 heterocycles. The predicted molar refractivity (Wildman–Crippen MR) is 83.5 cm³/mol. The van der Waals surface area contributed by atoms with Gasteiger partial charge in [-0.1, -0.05) is 0 Å². The van der Waals surface area contributed by atoms with E-state index in [2.05, 4.69) is 4.98 Å². The molecule has 5 heteroatoms. The van der Waals surface area contributed by atoms with E-state index in [4.69, 9.17) is 9.47 Å². The number of methoxy groups -OCH3 is 1. The van der Waals surface area contributed by atoms with Gasteiger partial charge in [-0.15, -0.1) is 0 Å². The van der Waals surface area contributed by atoms with Gasteiger partial charge in [-0.3, -0.25) is 9.20 Å². The fourth-order valence-corrected chi connectivity index (χ4v) is 2.16. The van der Waals surface area contributed by atoms with E-state index in [1.807, 2.05) is 43.3 Å². The van der Waals surface area contributed by atoms with Crippen molar-refractivity contribution in [3.05, 3.63) is 70.3 Å². The second-order valence-corrected chi connectivity index (χ2v) is 4.98. The summed E-state index contributed by atoms with van der Waals surface area (Å²) in [6, 6.07) is 12.5. The topological polar surface area (TPSA) is 52.8 Å². The van der Waals surface area contributed by atoms with Crippen LogP contribution in [0.4, 0.5) is 0 Å². The Morgan fingerprint density at radius 3 is 2.55 bits per heavy atom. The van der Waals surface area contributed by atoms with E-state index in [0.717, 1.165) is 11.3 Å². The Bertz CT molecular complexity index is 854. The van der Waals surface area contributed by atoms with Crippen LogP contribution in [-0.2, 0) is 6.61 Å². The zero-order valence-corrected chi connectivity index (χ0v) is 12.4. The molecule has 0 spiro atoms. The molecule has 0 N–H and O–H groups in total. The Morgan fingerprint density at radius 2 is 1.82 bits per heavy atom. The number of hydrogen-bond acceptors (Lipinski definition) is 4. The second kappa shape index (κ2) is 5.89. The highest BCUT2D eigenvalue weighted by Gasteiger charge is 2.04. The van der Waals surface area contributed by atoms with Gasteiger partial charge in [0.15, 0.2) is 0 Å².